The predicted octanol–water partition coefficient (Wildman–Crippen LogP) is 4.29. The number of rotatable bonds is 13. The molecular formula is C18H34O4. The number of aliphatic hydroxyl groups is 1. The van der Waals surface area contributed by atoms with Crippen molar-refractivity contribution in [2.45, 2.75) is 109 Å². The summed E-state index contributed by atoms with van der Waals surface area (Å²) in [6.07, 6.45) is 13.0. The maximum atomic E-state index is 10.5. The summed E-state index contributed by atoms with van der Waals surface area (Å²) in [5, 5.41) is 18.8. The van der Waals surface area contributed by atoms with Crippen LogP contribution >= 0.6 is 0 Å². The lowest BCUT2D eigenvalue weighted by molar-refractivity contribution is -0.137. The molecule has 1 saturated heterocycles. The molecule has 0 radical (unpaired) electrons. The Balaban J connectivity index is 2.03. The number of hydrogen-bond donors (Lipinski definition) is 2. The van der Waals surface area contributed by atoms with Gasteiger partial charge >= 0.3 is 5.97 Å². The van der Waals surface area contributed by atoms with Crippen molar-refractivity contribution in [2.24, 2.45) is 0 Å². The van der Waals surface area contributed by atoms with E-state index < -0.39 is 5.97 Å². The van der Waals surface area contributed by atoms with Crippen LogP contribution in [-0.4, -0.2) is 34.5 Å². The lowest BCUT2D eigenvalue weighted by Gasteiger charge is -2.19. The van der Waals surface area contributed by atoms with Crippen molar-refractivity contribution >= 4 is 5.97 Å². The number of aliphatic carboxylic acids is 1. The molecule has 0 amide bonds. The molecule has 0 unspecified atom stereocenters. The first-order valence-corrected chi connectivity index (χ1v) is 9.18. The first kappa shape index (κ1) is 19.4. The van der Waals surface area contributed by atoms with Gasteiger partial charge in [0.1, 0.15) is 0 Å². The molecule has 0 spiro atoms. The Morgan fingerprint density at radius 3 is 2.55 bits per heavy atom. The molecule has 0 aromatic carbocycles. The van der Waals surface area contributed by atoms with Crippen LogP contribution in [0, 0.1) is 0 Å². The van der Waals surface area contributed by atoms with E-state index in [2.05, 4.69) is 6.92 Å². The normalized spacial score (nSPS) is 22.8. The monoisotopic (exact) mass is 314 g/mol. The highest BCUT2D eigenvalue weighted by atomic mass is 16.5. The molecular weight excluding hydrogens is 280 g/mol. The van der Waals surface area contributed by atoms with Gasteiger partial charge in [0.2, 0.25) is 0 Å². The second-order valence-electron chi connectivity index (χ2n) is 6.64. The van der Waals surface area contributed by atoms with Crippen molar-refractivity contribution in [1.29, 1.82) is 0 Å². The smallest absolute Gasteiger partial charge is 0.303 e. The minimum absolute atomic E-state index is 0.000107. The highest BCUT2D eigenvalue weighted by Gasteiger charge is 2.29. The van der Waals surface area contributed by atoms with E-state index in [0.717, 1.165) is 44.9 Å². The number of aliphatic hydroxyl groups excluding tert-OH is 1. The van der Waals surface area contributed by atoms with E-state index in [9.17, 15) is 9.90 Å². The zero-order valence-corrected chi connectivity index (χ0v) is 14.1. The fourth-order valence-corrected chi connectivity index (χ4v) is 3.20. The van der Waals surface area contributed by atoms with Crippen molar-refractivity contribution in [3.8, 4) is 0 Å². The van der Waals surface area contributed by atoms with Gasteiger partial charge in [0.25, 0.3) is 0 Å². The molecule has 1 fully saturated rings. The minimum atomic E-state index is -0.723. The quantitative estimate of drug-likeness (QED) is 0.498. The van der Waals surface area contributed by atoms with Crippen LogP contribution in [0.5, 0.6) is 0 Å². The van der Waals surface area contributed by atoms with Gasteiger partial charge in [0.05, 0.1) is 18.3 Å². The number of unbranched alkanes of at least 4 members (excludes halogenated alkanes) is 6. The van der Waals surface area contributed by atoms with Crippen LogP contribution in [0.2, 0.25) is 0 Å². The van der Waals surface area contributed by atoms with E-state index in [1.165, 1.54) is 32.1 Å². The summed E-state index contributed by atoms with van der Waals surface area (Å²) in [7, 11) is 0. The lowest BCUT2D eigenvalue weighted by Crippen LogP contribution is -2.26. The zero-order valence-electron chi connectivity index (χ0n) is 14.1. The second kappa shape index (κ2) is 11.9. The summed E-state index contributed by atoms with van der Waals surface area (Å²) in [5.41, 5.74) is 0. The van der Waals surface area contributed by atoms with Gasteiger partial charge in [0.15, 0.2) is 0 Å². The lowest BCUT2D eigenvalue weighted by atomic mass is 10.0. The van der Waals surface area contributed by atoms with E-state index in [0.29, 0.717) is 0 Å². The minimum Gasteiger partial charge on any atom is -0.481 e. The molecule has 4 heteroatoms. The maximum Gasteiger partial charge on any atom is 0.303 e. The molecule has 1 heterocycles. The zero-order chi connectivity index (χ0) is 16.2. The second-order valence-corrected chi connectivity index (χ2v) is 6.64. The highest BCUT2D eigenvalue weighted by molar-refractivity contribution is 5.66. The third-order valence-corrected chi connectivity index (χ3v) is 4.59. The first-order chi connectivity index (χ1) is 10.6. The molecule has 0 saturated carbocycles. The van der Waals surface area contributed by atoms with Crippen LogP contribution in [0.4, 0.5) is 0 Å². The van der Waals surface area contributed by atoms with Crippen LogP contribution in [0.1, 0.15) is 90.4 Å². The van der Waals surface area contributed by atoms with Gasteiger partial charge in [-0.1, -0.05) is 51.9 Å². The van der Waals surface area contributed by atoms with Gasteiger partial charge in [-0.25, -0.2) is 0 Å². The summed E-state index contributed by atoms with van der Waals surface area (Å²) in [4.78, 5) is 10.5. The molecule has 0 aliphatic carbocycles. The average Bonchev–Trinajstić information content (AvgIpc) is 2.96. The molecule has 4 nitrogen and oxygen atoms in total. The summed E-state index contributed by atoms with van der Waals surface area (Å²) in [6, 6.07) is 0. The van der Waals surface area contributed by atoms with Crippen LogP contribution < -0.4 is 0 Å². The molecule has 0 aromatic heterocycles. The van der Waals surface area contributed by atoms with Crippen LogP contribution in [-0.2, 0) is 9.53 Å². The molecule has 1 rings (SSSR count). The topological polar surface area (TPSA) is 66.8 Å². The Morgan fingerprint density at radius 2 is 1.82 bits per heavy atom. The van der Waals surface area contributed by atoms with E-state index in [1.54, 1.807) is 0 Å². The number of carboxylic acid groups (broad SMARTS) is 1. The molecule has 1 aliphatic heterocycles. The van der Waals surface area contributed by atoms with Crippen LogP contribution in [0.15, 0.2) is 0 Å². The first-order valence-electron chi connectivity index (χ1n) is 9.18. The van der Waals surface area contributed by atoms with E-state index >= 15 is 0 Å². The maximum absolute atomic E-state index is 10.5. The van der Waals surface area contributed by atoms with Crippen molar-refractivity contribution in [3.05, 3.63) is 0 Å². The highest BCUT2D eigenvalue weighted by Crippen LogP contribution is 2.27. The van der Waals surface area contributed by atoms with Gasteiger partial charge in [-0.15, -0.1) is 0 Å². The average molecular weight is 314 g/mol. The largest absolute Gasteiger partial charge is 0.481 e. The third-order valence-electron chi connectivity index (χ3n) is 4.59. The van der Waals surface area contributed by atoms with Crippen molar-refractivity contribution in [3.63, 3.8) is 0 Å². The number of hydrogen-bond acceptors (Lipinski definition) is 3. The molecule has 130 valence electrons. The van der Waals surface area contributed by atoms with E-state index in [1.807, 2.05) is 0 Å². The molecule has 0 aromatic rings. The fourth-order valence-electron chi connectivity index (χ4n) is 3.20. The standard InChI is InChI=1S/C18H34O4/c1-2-3-4-5-6-7-11-16(19)17-14-13-15(22-17)10-8-9-12-18(20)21/h15-17,19H,2-14H2,1H3,(H,20,21)/t15-,16+,17+/m0/s1. The summed E-state index contributed by atoms with van der Waals surface area (Å²) >= 11 is 0. The number of carbonyl (C=O) groups is 1. The molecule has 0 bridgehead atoms. The number of carboxylic acids is 1. The van der Waals surface area contributed by atoms with Gasteiger partial charge in [-0.3, -0.25) is 4.79 Å². The Hall–Kier alpha value is -0.610. The number of ether oxygens (including phenoxy) is 1. The molecule has 1 aliphatic rings. The summed E-state index contributed by atoms with van der Waals surface area (Å²) in [5.74, 6) is -0.723. The molecule has 22 heavy (non-hydrogen) atoms. The Bertz CT molecular complexity index is 293. The SMILES string of the molecule is CCCCCCCC[C@@H](O)[C@H]1CC[C@H](CCCCC(=O)O)O1. The van der Waals surface area contributed by atoms with Crippen LogP contribution in [0.25, 0.3) is 0 Å². The molecule has 2 N–H and O–H groups in total. The fraction of sp³-hybridized carbons (Fsp3) is 0.944. The van der Waals surface area contributed by atoms with E-state index in [4.69, 9.17) is 9.84 Å². The van der Waals surface area contributed by atoms with Gasteiger partial charge < -0.3 is 14.9 Å². The third kappa shape index (κ3) is 8.74. The van der Waals surface area contributed by atoms with Crippen LogP contribution in [0.3, 0.4) is 0 Å². The van der Waals surface area contributed by atoms with Crippen molar-refractivity contribution in [2.75, 3.05) is 0 Å². The predicted molar refractivity (Wildman–Crippen MR) is 88.0 cm³/mol. The Labute approximate surface area is 135 Å². The van der Waals surface area contributed by atoms with Gasteiger partial charge in [-0.05, 0) is 32.1 Å². The summed E-state index contributed by atoms with van der Waals surface area (Å²) < 4.78 is 5.93. The Kier molecular flexibility index (Phi) is 10.5. The van der Waals surface area contributed by atoms with E-state index in [-0.39, 0.29) is 24.7 Å². The van der Waals surface area contributed by atoms with Crippen molar-refractivity contribution in [1.82, 2.24) is 0 Å². The van der Waals surface area contributed by atoms with Gasteiger partial charge in [-0.2, -0.15) is 0 Å². The summed E-state index contributed by atoms with van der Waals surface area (Å²) in [6.45, 7) is 2.22. The molecule has 3 atom stereocenters. The van der Waals surface area contributed by atoms with Crippen molar-refractivity contribution < 1.29 is 19.7 Å². The van der Waals surface area contributed by atoms with Gasteiger partial charge in [0, 0.05) is 6.42 Å². The Morgan fingerprint density at radius 1 is 1.09 bits per heavy atom.